The van der Waals surface area contributed by atoms with E-state index in [9.17, 15) is 0 Å². The van der Waals surface area contributed by atoms with Gasteiger partial charge in [-0.3, -0.25) is 0 Å². The molecule has 0 radical (unpaired) electrons. The van der Waals surface area contributed by atoms with Crippen molar-refractivity contribution < 1.29 is 0 Å². The van der Waals surface area contributed by atoms with Crippen LogP contribution >= 0.6 is 0 Å². The highest BCUT2D eigenvalue weighted by Gasteiger charge is 2.17. The molecule has 38 heavy (non-hydrogen) atoms. The molecule has 2 nitrogen and oxygen atoms in total. The Morgan fingerprint density at radius 2 is 0.684 bits per heavy atom. The van der Waals surface area contributed by atoms with Crippen molar-refractivity contribution in [3.05, 3.63) is 146 Å². The minimum atomic E-state index is 0.745. The Labute approximate surface area is 223 Å². The normalized spacial score (nSPS) is 10.8. The molecule has 0 fully saturated rings. The van der Waals surface area contributed by atoms with Crippen LogP contribution in [0.2, 0.25) is 0 Å². The predicted octanol–water partition coefficient (Wildman–Crippen LogP) is 9.19. The van der Waals surface area contributed by atoms with Gasteiger partial charge in [0, 0.05) is 16.9 Å². The average Bonchev–Trinajstić information content (AvgIpc) is 2.99. The summed E-state index contributed by atoms with van der Waals surface area (Å²) in [5.74, 6) is 0. The summed E-state index contributed by atoms with van der Waals surface area (Å²) in [7, 11) is 0. The highest BCUT2D eigenvalue weighted by molar-refractivity contribution is 6.00. The topological polar surface area (TPSA) is 52.0 Å². The SMILES string of the molecule is Nc1ccc(-c2ccc(N)c(-c3ccc(-c4ccccc4)cc3)c2-c2ccc(-c3ccccc3)cc2)cc1. The Balaban J connectivity index is 1.52. The number of anilines is 2. The van der Waals surface area contributed by atoms with Gasteiger partial charge in [-0.1, -0.05) is 127 Å². The summed E-state index contributed by atoms with van der Waals surface area (Å²) in [6.07, 6.45) is 0. The molecule has 0 heterocycles. The van der Waals surface area contributed by atoms with Gasteiger partial charge in [-0.2, -0.15) is 0 Å². The fourth-order valence-electron chi connectivity index (χ4n) is 5.05. The summed E-state index contributed by atoms with van der Waals surface area (Å²) in [6, 6.07) is 50.5. The van der Waals surface area contributed by atoms with Gasteiger partial charge in [0.15, 0.2) is 0 Å². The van der Waals surface area contributed by atoms with Crippen LogP contribution < -0.4 is 11.5 Å². The van der Waals surface area contributed by atoms with Crippen molar-refractivity contribution in [2.45, 2.75) is 0 Å². The van der Waals surface area contributed by atoms with Crippen molar-refractivity contribution in [1.82, 2.24) is 0 Å². The van der Waals surface area contributed by atoms with Crippen LogP contribution in [0.1, 0.15) is 0 Å². The Morgan fingerprint density at radius 3 is 1.18 bits per heavy atom. The quantitative estimate of drug-likeness (QED) is 0.238. The molecule has 0 atom stereocenters. The fourth-order valence-corrected chi connectivity index (χ4v) is 5.05. The van der Waals surface area contributed by atoms with Crippen LogP contribution in [-0.2, 0) is 0 Å². The van der Waals surface area contributed by atoms with Gasteiger partial charge in [0.25, 0.3) is 0 Å². The van der Waals surface area contributed by atoms with Gasteiger partial charge < -0.3 is 11.5 Å². The van der Waals surface area contributed by atoms with Crippen LogP contribution in [0.15, 0.2) is 146 Å². The summed E-state index contributed by atoms with van der Waals surface area (Å²) < 4.78 is 0. The molecule has 6 rings (SSSR count). The van der Waals surface area contributed by atoms with Crippen molar-refractivity contribution >= 4 is 11.4 Å². The number of hydrogen-bond acceptors (Lipinski definition) is 2. The van der Waals surface area contributed by atoms with E-state index in [1.807, 2.05) is 30.3 Å². The lowest BCUT2D eigenvalue weighted by Crippen LogP contribution is -1.97. The van der Waals surface area contributed by atoms with E-state index in [2.05, 4.69) is 115 Å². The first-order valence-electron chi connectivity index (χ1n) is 12.8. The van der Waals surface area contributed by atoms with Crippen LogP contribution in [0.4, 0.5) is 11.4 Å². The molecule has 6 aromatic carbocycles. The number of rotatable bonds is 5. The number of nitrogens with two attached hydrogens (primary N) is 2. The zero-order valence-corrected chi connectivity index (χ0v) is 21.0. The van der Waals surface area contributed by atoms with Crippen molar-refractivity contribution in [1.29, 1.82) is 0 Å². The molecule has 0 aromatic heterocycles. The molecule has 0 saturated carbocycles. The first-order valence-corrected chi connectivity index (χ1v) is 12.8. The summed E-state index contributed by atoms with van der Waals surface area (Å²) in [5, 5.41) is 0. The van der Waals surface area contributed by atoms with Crippen LogP contribution in [0.5, 0.6) is 0 Å². The van der Waals surface area contributed by atoms with Gasteiger partial charge in [0.1, 0.15) is 0 Å². The van der Waals surface area contributed by atoms with Crippen LogP contribution in [0, 0.1) is 0 Å². The molecule has 0 spiro atoms. The Bertz CT molecular complexity index is 1670. The van der Waals surface area contributed by atoms with Crippen molar-refractivity contribution in [3.63, 3.8) is 0 Å². The van der Waals surface area contributed by atoms with Crippen LogP contribution in [0.25, 0.3) is 55.6 Å². The summed E-state index contributed by atoms with van der Waals surface area (Å²) in [6.45, 7) is 0. The number of nitrogen functional groups attached to an aromatic ring is 2. The lowest BCUT2D eigenvalue weighted by molar-refractivity contribution is 1.54. The number of benzene rings is 6. The second kappa shape index (κ2) is 10.1. The first kappa shape index (κ1) is 23.3. The standard InChI is InChI=1S/C36H28N2/c37-32-21-19-29(20-22-32)33-23-24-34(38)36(31-17-13-28(14-18-31)26-9-5-2-6-10-26)35(33)30-15-11-27(12-16-30)25-7-3-1-4-8-25/h1-24H,37-38H2. The highest BCUT2D eigenvalue weighted by Crippen LogP contribution is 2.44. The van der Waals surface area contributed by atoms with Crippen molar-refractivity contribution in [2.24, 2.45) is 0 Å². The van der Waals surface area contributed by atoms with Gasteiger partial charge >= 0.3 is 0 Å². The maximum absolute atomic E-state index is 6.71. The minimum Gasteiger partial charge on any atom is -0.399 e. The molecule has 6 aromatic rings. The van der Waals surface area contributed by atoms with E-state index in [1.54, 1.807) is 0 Å². The van der Waals surface area contributed by atoms with E-state index in [0.29, 0.717) is 0 Å². The maximum Gasteiger partial charge on any atom is 0.0400 e. The van der Waals surface area contributed by atoms with Gasteiger partial charge in [-0.15, -0.1) is 0 Å². The molecule has 182 valence electrons. The van der Waals surface area contributed by atoms with Crippen LogP contribution in [-0.4, -0.2) is 0 Å². The average molecular weight is 489 g/mol. The van der Waals surface area contributed by atoms with E-state index in [1.165, 1.54) is 22.3 Å². The largest absolute Gasteiger partial charge is 0.399 e. The third kappa shape index (κ3) is 4.56. The molecule has 2 heteroatoms. The summed E-state index contributed by atoms with van der Waals surface area (Å²) >= 11 is 0. The molecule has 0 bridgehead atoms. The Kier molecular flexibility index (Phi) is 6.21. The van der Waals surface area contributed by atoms with Gasteiger partial charge in [0.2, 0.25) is 0 Å². The molecule has 0 unspecified atom stereocenters. The van der Waals surface area contributed by atoms with E-state index in [4.69, 9.17) is 11.5 Å². The number of hydrogen-bond donors (Lipinski definition) is 2. The molecule has 0 amide bonds. The minimum absolute atomic E-state index is 0.745. The Morgan fingerprint density at radius 1 is 0.289 bits per heavy atom. The van der Waals surface area contributed by atoms with Gasteiger partial charge in [-0.25, -0.2) is 0 Å². The highest BCUT2D eigenvalue weighted by atomic mass is 14.6. The summed E-state index contributed by atoms with van der Waals surface area (Å²) in [5.41, 5.74) is 25.5. The fraction of sp³-hybridized carbons (Fsp3) is 0. The zero-order chi connectivity index (χ0) is 25.9. The molecular weight excluding hydrogens is 460 g/mol. The lowest BCUT2D eigenvalue weighted by atomic mass is 9.85. The van der Waals surface area contributed by atoms with Crippen molar-refractivity contribution in [3.8, 4) is 55.6 Å². The molecule has 4 N–H and O–H groups in total. The monoisotopic (exact) mass is 488 g/mol. The third-order valence-corrected chi connectivity index (χ3v) is 7.02. The second-order valence-corrected chi connectivity index (χ2v) is 9.46. The van der Waals surface area contributed by atoms with E-state index in [0.717, 1.165) is 44.8 Å². The Hall–Kier alpha value is -5.08. The van der Waals surface area contributed by atoms with Gasteiger partial charge in [-0.05, 0) is 68.3 Å². The van der Waals surface area contributed by atoms with E-state index >= 15 is 0 Å². The van der Waals surface area contributed by atoms with E-state index in [-0.39, 0.29) is 0 Å². The molecule has 0 saturated heterocycles. The van der Waals surface area contributed by atoms with Crippen molar-refractivity contribution in [2.75, 3.05) is 11.5 Å². The zero-order valence-electron chi connectivity index (χ0n) is 21.0. The van der Waals surface area contributed by atoms with E-state index < -0.39 is 0 Å². The predicted molar refractivity (Wildman–Crippen MR) is 162 cm³/mol. The lowest BCUT2D eigenvalue weighted by Gasteiger charge is -2.19. The molecule has 0 aliphatic carbocycles. The smallest absolute Gasteiger partial charge is 0.0400 e. The second-order valence-electron chi connectivity index (χ2n) is 9.46. The first-order chi connectivity index (χ1) is 18.7. The maximum atomic E-state index is 6.71. The third-order valence-electron chi connectivity index (χ3n) is 7.02. The van der Waals surface area contributed by atoms with Gasteiger partial charge in [0.05, 0.1) is 0 Å². The van der Waals surface area contributed by atoms with Crippen LogP contribution in [0.3, 0.4) is 0 Å². The summed E-state index contributed by atoms with van der Waals surface area (Å²) in [4.78, 5) is 0. The molecule has 0 aliphatic rings. The molecular formula is C36H28N2. The molecule has 0 aliphatic heterocycles.